The minimum absolute atomic E-state index is 0.0771. The smallest absolute Gasteiger partial charge is 0.254 e. The SMILES string of the molecule is Cc1nnc([C@H]2CN(C(=O)c3cccc4c3CCC4)CCO2)o1. The molecule has 1 saturated heterocycles. The van der Waals surface area contributed by atoms with E-state index in [1.165, 1.54) is 11.1 Å². The summed E-state index contributed by atoms with van der Waals surface area (Å²) >= 11 is 0. The van der Waals surface area contributed by atoms with Crippen LogP contribution in [0.4, 0.5) is 0 Å². The van der Waals surface area contributed by atoms with E-state index in [0.29, 0.717) is 31.5 Å². The van der Waals surface area contributed by atoms with E-state index in [-0.39, 0.29) is 12.0 Å². The fourth-order valence-corrected chi connectivity index (χ4v) is 3.42. The van der Waals surface area contributed by atoms with Crippen molar-refractivity contribution >= 4 is 5.91 Å². The predicted octanol–water partition coefficient (Wildman–Crippen LogP) is 2.08. The highest BCUT2D eigenvalue weighted by Crippen LogP contribution is 2.28. The van der Waals surface area contributed by atoms with Crippen molar-refractivity contribution in [1.29, 1.82) is 0 Å². The number of amides is 1. The Hall–Kier alpha value is -2.21. The summed E-state index contributed by atoms with van der Waals surface area (Å²) in [6.45, 7) is 3.26. The monoisotopic (exact) mass is 313 g/mol. The molecule has 120 valence electrons. The highest BCUT2D eigenvalue weighted by atomic mass is 16.5. The lowest BCUT2D eigenvalue weighted by molar-refractivity contribution is -0.0349. The van der Waals surface area contributed by atoms with Crippen molar-refractivity contribution in [3.63, 3.8) is 0 Å². The number of hydrogen-bond acceptors (Lipinski definition) is 5. The van der Waals surface area contributed by atoms with Crippen LogP contribution in [0.25, 0.3) is 0 Å². The summed E-state index contributed by atoms with van der Waals surface area (Å²) in [5.41, 5.74) is 3.37. The van der Waals surface area contributed by atoms with Crippen molar-refractivity contribution in [3.8, 4) is 0 Å². The molecule has 6 nitrogen and oxygen atoms in total. The van der Waals surface area contributed by atoms with E-state index in [1.54, 1.807) is 6.92 Å². The van der Waals surface area contributed by atoms with E-state index in [1.807, 2.05) is 17.0 Å². The molecule has 0 N–H and O–H groups in total. The Morgan fingerprint density at radius 1 is 1.30 bits per heavy atom. The number of aromatic nitrogens is 2. The van der Waals surface area contributed by atoms with Gasteiger partial charge >= 0.3 is 0 Å². The predicted molar refractivity (Wildman–Crippen MR) is 82.1 cm³/mol. The molecule has 6 heteroatoms. The Morgan fingerprint density at radius 3 is 3.04 bits per heavy atom. The summed E-state index contributed by atoms with van der Waals surface area (Å²) in [5.74, 6) is 1.03. The molecule has 1 aromatic carbocycles. The Morgan fingerprint density at radius 2 is 2.22 bits per heavy atom. The average molecular weight is 313 g/mol. The largest absolute Gasteiger partial charge is 0.423 e. The summed E-state index contributed by atoms with van der Waals surface area (Å²) < 4.78 is 11.1. The lowest BCUT2D eigenvalue weighted by atomic mass is 10.0. The molecule has 1 aromatic heterocycles. The number of nitrogens with zero attached hydrogens (tertiary/aromatic N) is 3. The van der Waals surface area contributed by atoms with Gasteiger partial charge in [-0.25, -0.2) is 0 Å². The van der Waals surface area contributed by atoms with Gasteiger partial charge in [-0.1, -0.05) is 12.1 Å². The molecule has 1 aliphatic carbocycles. The van der Waals surface area contributed by atoms with Gasteiger partial charge in [-0.15, -0.1) is 10.2 Å². The van der Waals surface area contributed by atoms with Crippen LogP contribution in [0.2, 0.25) is 0 Å². The van der Waals surface area contributed by atoms with Crippen LogP contribution < -0.4 is 0 Å². The van der Waals surface area contributed by atoms with Gasteiger partial charge in [-0.3, -0.25) is 4.79 Å². The first kappa shape index (κ1) is 14.4. The van der Waals surface area contributed by atoms with Gasteiger partial charge in [0.05, 0.1) is 13.2 Å². The number of carbonyl (C=O) groups excluding carboxylic acids is 1. The zero-order chi connectivity index (χ0) is 15.8. The molecule has 4 rings (SSSR count). The van der Waals surface area contributed by atoms with Crippen molar-refractivity contribution < 1.29 is 13.9 Å². The maximum atomic E-state index is 12.9. The van der Waals surface area contributed by atoms with Crippen LogP contribution in [0.3, 0.4) is 0 Å². The second kappa shape index (κ2) is 5.77. The lowest BCUT2D eigenvalue weighted by Gasteiger charge is -2.31. The fraction of sp³-hybridized carbons (Fsp3) is 0.471. The minimum atomic E-state index is -0.342. The first-order valence-corrected chi connectivity index (χ1v) is 8.04. The topological polar surface area (TPSA) is 68.5 Å². The lowest BCUT2D eigenvalue weighted by Crippen LogP contribution is -2.42. The quantitative estimate of drug-likeness (QED) is 0.849. The van der Waals surface area contributed by atoms with Gasteiger partial charge in [-0.2, -0.15) is 0 Å². The van der Waals surface area contributed by atoms with Crippen LogP contribution in [0.15, 0.2) is 22.6 Å². The summed E-state index contributed by atoms with van der Waals surface area (Å²) in [6, 6.07) is 6.05. The maximum absolute atomic E-state index is 12.9. The Kier molecular flexibility index (Phi) is 3.61. The van der Waals surface area contributed by atoms with Crippen LogP contribution in [0.1, 0.15) is 45.8 Å². The number of aryl methyl sites for hydroxylation is 2. The van der Waals surface area contributed by atoms with Gasteiger partial charge in [0.25, 0.3) is 5.91 Å². The molecule has 0 radical (unpaired) electrons. The second-order valence-electron chi connectivity index (χ2n) is 6.07. The maximum Gasteiger partial charge on any atom is 0.254 e. The molecule has 0 bridgehead atoms. The van der Waals surface area contributed by atoms with E-state index in [2.05, 4.69) is 16.3 Å². The molecule has 1 amide bonds. The van der Waals surface area contributed by atoms with E-state index in [9.17, 15) is 4.79 Å². The van der Waals surface area contributed by atoms with E-state index in [0.717, 1.165) is 24.8 Å². The molecular weight excluding hydrogens is 294 g/mol. The molecule has 1 aliphatic heterocycles. The molecule has 2 heterocycles. The zero-order valence-corrected chi connectivity index (χ0v) is 13.1. The van der Waals surface area contributed by atoms with Crippen molar-refractivity contribution in [1.82, 2.24) is 15.1 Å². The van der Waals surface area contributed by atoms with Crippen LogP contribution in [-0.2, 0) is 17.6 Å². The average Bonchev–Trinajstić information content (AvgIpc) is 3.22. The van der Waals surface area contributed by atoms with Gasteiger partial charge in [0.15, 0.2) is 6.10 Å². The standard InChI is InChI=1S/C17H19N3O3/c1-11-18-19-16(23-11)15-10-20(8-9-22-15)17(21)14-7-3-5-12-4-2-6-13(12)14/h3,5,7,15H,2,4,6,8-10H2,1H3/t15-/m1/s1. The van der Waals surface area contributed by atoms with Crippen LogP contribution in [0, 0.1) is 6.92 Å². The van der Waals surface area contributed by atoms with Crippen LogP contribution >= 0.6 is 0 Å². The van der Waals surface area contributed by atoms with Crippen LogP contribution in [0.5, 0.6) is 0 Å². The highest BCUT2D eigenvalue weighted by molar-refractivity contribution is 5.96. The Bertz CT molecular complexity index is 740. The number of rotatable bonds is 2. The van der Waals surface area contributed by atoms with Crippen molar-refractivity contribution in [2.24, 2.45) is 0 Å². The third-order valence-electron chi connectivity index (χ3n) is 4.55. The van der Waals surface area contributed by atoms with Crippen LogP contribution in [-0.4, -0.2) is 40.7 Å². The first-order valence-electron chi connectivity index (χ1n) is 8.04. The van der Waals surface area contributed by atoms with E-state index >= 15 is 0 Å². The van der Waals surface area contributed by atoms with Gasteiger partial charge in [0.2, 0.25) is 11.8 Å². The molecule has 0 spiro atoms. The number of benzene rings is 1. The van der Waals surface area contributed by atoms with Crippen molar-refractivity contribution in [3.05, 3.63) is 46.7 Å². The van der Waals surface area contributed by atoms with Gasteiger partial charge in [-0.05, 0) is 36.5 Å². The fourth-order valence-electron chi connectivity index (χ4n) is 3.42. The van der Waals surface area contributed by atoms with Crippen molar-refractivity contribution in [2.75, 3.05) is 19.7 Å². The number of carbonyl (C=O) groups is 1. The van der Waals surface area contributed by atoms with Crippen molar-refractivity contribution in [2.45, 2.75) is 32.3 Å². The molecule has 23 heavy (non-hydrogen) atoms. The molecule has 2 aromatic rings. The molecule has 0 saturated carbocycles. The Labute approximate surface area is 134 Å². The Balaban J connectivity index is 1.56. The molecular formula is C17H19N3O3. The third-order valence-corrected chi connectivity index (χ3v) is 4.55. The second-order valence-corrected chi connectivity index (χ2v) is 6.07. The van der Waals surface area contributed by atoms with Gasteiger partial charge in [0, 0.05) is 19.0 Å². The zero-order valence-electron chi connectivity index (χ0n) is 13.1. The van der Waals surface area contributed by atoms with Gasteiger partial charge in [0.1, 0.15) is 0 Å². The van der Waals surface area contributed by atoms with E-state index in [4.69, 9.17) is 9.15 Å². The summed E-state index contributed by atoms with van der Waals surface area (Å²) in [6.07, 6.45) is 2.86. The highest BCUT2D eigenvalue weighted by Gasteiger charge is 2.31. The molecule has 0 unspecified atom stereocenters. The number of ether oxygens (including phenoxy) is 1. The molecule has 1 atom stereocenters. The molecule has 1 fully saturated rings. The normalized spacial score (nSPS) is 20.6. The summed E-state index contributed by atoms with van der Waals surface area (Å²) in [7, 11) is 0. The summed E-state index contributed by atoms with van der Waals surface area (Å²) in [4.78, 5) is 14.8. The first-order chi connectivity index (χ1) is 11.2. The minimum Gasteiger partial charge on any atom is -0.423 e. The van der Waals surface area contributed by atoms with Gasteiger partial charge < -0.3 is 14.1 Å². The third kappa shape index (κ3) is 2.63. The number of morpholine rings is 1. The summed E-state index contributed by atoms with van der Waals surface area (Å²) in [5, 5.41) is 7.85. The number of fused-ring (bicyclic) bond motifs is 1. The molecule has 2 aliphatic rings. The number of hydrogen-bond donors (Lipinski definition) is 0. The van der Waals surface area contributed by atoms with E-state index < -0.39 is 0 Å².